The average molecular weight is 305 g/mol. The molecule has 0 saturated heterocycles. The summed E-state index contributed by atoms with van der Waals surface area (Å²) in [4.78, 5) is 0. The van der Waals surface area contributed by atoms with Crippen molar-refractivity contribution < 1.29 is 13.5 Å². The van der Waals surface area contributed by atoms with Gasteiger partial charge in [0, 0.05) is 17.6 Å². The molecule has 0 aliphatic heterocycles. The van der Waals surface area contributed by atoms with Gasteiger partial charge in [-0.05, 0) is 43.2 Å². The Kier molecular flexibility index (Phi) is 5.50. The van der Waals surface area contributed by atoms with E-state index in [1.807, 2.05) is 31.2 Å². The molecule has 4 heteroatoms. The molecule has 0 amide bonds. The first-order chi connectivity index (χ1) is 10.6. The number of methoxy groups -OCH3 is 1. The Bertz CT molecular complexity index is 593. The smallest absolute Gasteiger partial charge is 0.130 e. The zero-order chi connectivity index (χ0) is 16.1. The van der Waals surface area contributed by atoms with E-state index in [1.165, 1.54) is 18.2 Å². The average Bonchev–Trinajstić information content (AvgIpc) is 2.52. The van der Waals surface area contributed by atoms with Crippen LogP contribution in [0.1, 0.15) is 43.5 Å². The zero-order valence-electron chi connectivity index (χ0n) is 13.1. The molecular weight excluding hydrogens is 284 g/mol. The van der Waals surface area contributed by atoms with Crippen LogP contribution in [0.3, 0.4) is 0 Å². The minimum absolute atomic E-state index is 0.0138. The zero-order valence-corrected chi connectivity index (χ0v) is 13.1. The predicted molar refractivity (Wildman–Crippen MR) is 83.9 cm³/mol. The van der Waals surface area contributed by atoms with E-state index in [0.717, 1.165) is 17.7 Å². The van der Waals surface area contributed by atoms with Gasteiger partial charge in [0.25, 0.3) is 0 Å². The third kappa shape index (κ3) is 3.63. The first-order valence-corrected chi connectivity index (χ1v) is 7.40. The standard InChI is InChI=1S/C18H21F2NO/c1-4-17(13-8-10-14(22-3)11-9-13)21-12(2)18-15(19)6-5-7-16(18)20/h5-12,17,21H,4H2,1-3H3. The van der Waals surface area contributed by atoms with Crippen LogP contribution in [0.25, 0.3) is 0 Å². The molecule has 0 aliphatic rings. The highest BCUT2D eigenvalue weighted by Gasteiger charge is 2.19. The number of benzene rings is 2. The maximum Gasteiger partial charge on any atom is 0.130 e. The molecule has 0 radical (unpaired) electrons. The van der Waals surface area contributed by atoms with Crippen LogP contribution >= 0.6 is 0 Å². The summed E-state index contributed by atoms with van der Waals surface area (Å²) in [7, 11) is 1.62. The van der Waals surface area contributed by atoms with E-state index in [0.29, 0.717) is 0 Å². The number of rotatable bonds is 6. The number of hydrogen-bond acceptors (Lipinski definition) is 2. The predicted octanol–water partition coefficient (Wildman–Crippen LogP) is 4.78. The molecule has 0 spiro atoms. The van der Waals surface area contributed by atoms with E-state index in [9.17, 15) is 8.78 Å². The van der Waals surface area contributed by atoms with Crippen molar-refractivity contribution in [2.45, 2.75) is 32.4 Å². The highest BCUT2D eigenvalue weighted by atomic mass is 19.1. The summed E-state index contributed by atoms with van der Waals surface area (Å²) in [5.41, 5.74) is 1.14. The summed E-state index contributed by atoms with van der Waals surface area (Å²) in [6.45, 7) is 3.81. The number of halogens is 2. The topological polar surface area (TPSA) is 21.3 Å². The Labute approximate surface area is 130 Å². The molecule has 22 heavy (non-hydrogen) atoms. The molecule has 118 valence electrons. The molecule has 1 N–H and O–H groups in total. The first-order valence-electron chi connectivity index (χ1n) is 7.40. The fourth-order valence-electron chi connectivity index (χ4n) is 2.60. The van der Waals surface area contributed by atoms with Gasteiger partial charge in [-0.2, -0.15) is 0 Å². The van der Waals surface area contributed by atoms with E-state index < -0.39 is 17.7 Å². The van der Waals surface area contributed by atoms with Crippen LogP contribution in [0.4, 0.5) is 8.78 Å². The molecular formula is C18H21F2NO. The molecule has 2 nitrogen and oxygen atoms in total. The first kappa shape index (κ1) is 16.4. The highest BCUT2D eigenvalue weighted by Crippen LogP contribution is 2.26. The molecule has 0 heterocycles. The molecule has 2 aromatic rings. The van der Waals surface area contributed by atoms with Crippen molar-refractivity contribution in [1.82, 2.24) is 5.32 Å². The van der Waals surface area contributed by atoms with Gasteiger partial charge in [0.2, 0.25) is 0 Å². The van der Waals surface area contributed by atoms with Crippen molar-refractivity contribution >= 4 is 0 Å². The van der Waals surface area contributed by atoms with E-state index >= 15 is 0 Å². The SMILES string of the molecule is CCC(NC(C)c1c(F)cccc1F)c1ccc(OC)cc1. The lowest BCUT2D eigenvalue weighted by Gasteiger charge is -2.24. The fourth-order valence-corrected chi connectivity index (χ4v) is 2.60. The van der Waals surface area contributed by atoms with Crippen molar-refractivity contribution in [3.8, 4) is 5.75 Å². The quantitative estimate of drug-likeness (QED) is 0.829. The Balaban J connectivity index is 2.18. The largest absolute Gasteiger partial charge is 0.497 e. The summed E-state index contributed by atoms with van der Waals surface area (Å²) >= 11 is 0. The van der Waals surface area contributed by atoms with Crippen molar-refractivity contribution in [2.75, 3.05) is 7.11 Å². The summed E-state index contributed by atoms with van der Waals surface area (Å²) in [6.07, 6.45) is 0.812. The second-order valence-corrected chi connectivity index (χ2v) is 5.26. The third-order valence-electron chi connectivity index (χ3n) is 3.81. The van der Waals surface area contributed by atoms with E-state index in [1.54, 1.807) is 14.0 Å². The Hall–Kier alpha value is -1.94. The van der Waals surface area contributed by atoms with Crippen molar-refractivity contribution in [1.29, 1.82) is 0 Å². The lowest BCUT2D eigenvalue weighted by atomic mass is 10.0. The van der Waals surface area contributed by atoms with E-state index in [4.69, 9.17) is 4.74 Å². The normalized spacial score (nSPS) is 13.7. The maximum absolute atomic E-state index is 13.9. The van der Waals surface area contributed by atoms with Gasteiger partial charge < -0.3 is 10.1 Å². The molecule has 2 atom stereocenters. The lowest BCUT2D eigenvalue weighted by Crippen LogP contribution is -2.25. The third-order valence-corrected chi connectivity index (χ3v) is 3.81. The van der Waals surface area contributed by atoms with Crippen molar-refractivity contribution in [2.24, 2.45) is 0 Å². The fraction of sp³-hybridized carbons (Fsp3) is 0.333. The minimum Gasteiger partial charge on any atom is -0.497 e. The second-order valence-electron chi connectivity index (χ2n) is 5.26. The molecule has 0 aromatic heterocycles. The minimum atomic E-state index is -0.524. The van der Waals surface area contributed by atoms with Gasteiger partial charge >= 0.3 is 0 Å². The Morgan fingerprint density at radius 3 is 2.14 bits per heavy atom. The van der Waals surface area contributed by atoms with Crippen molar-refractivity contribution in [3.63, 3.8) is 0 Å². The number of ether oxygens (including phenoxy) is 1. The highest BCUT2D eigenvalue weighted by molar-refractivity contribution is 5.30. The molecule has 2 unspecified atom stereocenters. The maximum atomic E-state index is 13.9. The van der Waals surface area contributed by atoms with E-state index in [-0.39, 0.29) is 11.6 Å². The van der Waals surface area contributed by atoms with Gasteiger partial charge in [-0.1, -0.05) is 25.1 Å². The monoisotopic (exact) mass is 305 g/mol. The molecule has 0 aliphatic carbocycles. The molecule has 0 bridgehead atoms. The van der Waals surface area contributed by atoms with Crippen LogP contribution < -0.4 is 10.1 Å². The van der Waals surface area contributed by atoms with Gasteiger partial charge in [0.15, 0.2) is 0 Å². The van der Waals surface area contributed by atoms with Crippen molar-refractivity contribution in [3.05, 3.63) is 65.2 Å². The van der Waals surface area contributed by atoms with Crippen LogP contribution in [0.2, 0.25) is 0 Å². The van der Waals surface area contributed by atoms with Crippen LogP contribution in [-0.4, -0.2) is 7.11 Å². The summed E-state index contributed by atoms with van der Waals surface area (Å²) in [5, 5.41) is 3.30. The van der Waals surface area contributed by atoms with Gasteiger partial charge in [0.05, 0.1) is 7.11 Å². The molecule has 2 aromatic carbocycles. The Morgan fingerprint density at radius 2 is 1.64 bits per heavy atom. The number of hydrogen-bond donors (Lipinski definition) is 1. The summed E-state index contributed by atoms with van der Waals surface area (Å²) < 4.78 is 32.9. The summed E-state index contributed by atoms with van der Waals surface area (Å²) in [5.74, 6) is -0.263. The van der Waals surface area contributed by atoms with Gasteiger partial charge in [-0.25, -0.2) is 8.78 Å². The van der Waals surface area contributed by atoms with Gasteiger partial charge in [0.1, 0.15) is 17.4 Å². The lowest BCUT2D eigenvalue weighted by molar-refractivity contribution is 0.412. The Morgan fingerprint density at radius 1 is 1.05 bits per heavy atom. The molecule has 0 fully saturated rings. The van der Waals surface area contributed by atoms with Crippen LogP contribution in [0.15, 0.2) is 42.5 Å². The van der Waals surface area contributed by atoms with E-state index in [2.05, 4.69) is 5.32 Å². The molecule has 2 rings (SSSR count). The second kappa shape index (κ2) is 7.36. The molecule has 0 saturated carbocycles. The van der Waals surface area contributed by atoms with Gasteiger partial charge in [-0.15, -0.1) is 0 Å². The van der Waals surface area contributed by atoms with Crippen LogP contribution in [0.5, 0.6) is 5.75 Å². The van der Waals surface area contributed by atoms with Crippen LogP contribution in [0, 0.1) is 11.6 Å². The summed E-state index contributed by atoms with van der Waals surface area (Å²) in [6, 6.07) is 11.2. The van der Waals surface area contributed by atoms with Gasteiger partial charge in [-0.3, -0.25) is 0 Å². The van der Waals surface area contributed by atoms with Crippen LogP contribution in [-0.2, 0) is 0 Å². The number of nitrogens with one attached hydrogen (secondary N) is 1.